The molecule has 0 heterocycles. The maximum atomic E-state index is 12.4. The minimum absolute atomic E-state index is 0.00366. The van der Waals surface area contributed by atoms with Crippen LogP contribution >= 0.6 is 0 Å². The lowest BCUT2D eigenvalue weighted by Gasteiger charge is -2.16. The van der Waals surface area contributed by atoms with Crippen molar-refractivity contribution in [3.8, 4) is 0 Å². The van der Waals surface area contributed by atoms with Crippen molar-refractivity contribution in [2.45, 2.75) is 60.9 Å². The molecule has 0 spiro atoms. The summed E-state index contributed by atoms with van der Waals surface area (Å²) in [5.41, 5.74) is 5.62. The lowest BCUT2D eigenvalue weighted by Crippen LogP contribution is -2.40. The Morgan fingerprint density at radius 3 is 2.08 bits per heavy atom. The van der Waals surface area contributed by atoms with Crippen LogP contribution in [0.25, 0.3) is 0 Å². The van der Waals surface area contributed by atoms with Gasteiger partial charge in [0.25, 0.3) is 0 Å². The maximum absolute atomic E-state index is 12.4. The molecule has 1 aliphatic carbocycles. The molecule has 1 fully saturated rings. The number of rotatable bonds is 10. The summed E-state index contributed by atoms with van der Waals surface area (Å²) in [6.07, 6.45) is 4.19. The highest BCUT2D eigenvalue weighted by Gasteiger charge is 2.28. The van der Waals surface area contributed by atoms with Gasteiger partial charge in [0.15, 0.2) is 0 Å². The summed E-state index contributed by atoms with van der Waals surface area (Å²) in [4.78, 5) is 0.0949. The molecule has 0 bridgehead atoms. The third kappa shape index (κ3) is 5.25. The molecule has 2 rings (SSSR count). The SMILES string of the molecule is CCCCC(CN)NS(=O)(=O)c1ccc(S(=O)(=O)NC2CC2)cc1. The third-order valence-corrected chi connectivity index (χ3v) is 6.93. The van der Waals surface area contributed by atoms with Crippen LogP contribution in [-0.2, 0) is 20.0 Å². The van der Waals surface area contributed by atoms with Crippen molar-refractivity contribution in [2.75, 3.05) is 6.54 Å². The number of hydrogen-bond acceptors (Lipinski definition) is 5. The van der Waals surface area contributed by atoms with Gasteiger partial charge in [-0.3, -0.25) is 0 Å². The molecule has 136 valence electrons. The highest BCUT2D eigenvalue weighted by Crippen LogP contribution is 2.22. The van der Waals surface area contributed by atoms with Gasteiger partial charge in [-0.15, -0.1) is 0 Å². The van der Waals surface area contributed by atoms with E-state index in [0.717, 1.165) is 25.7 Å². The van der Waals surface area contributed by atoms with Gasteiger partial charge in [0.2, 0.25) is 20.0 Å². The van der Waals surface area contributed by atoms with Gasteiger partial charge in [0.05, 0.1) is 9.79 Å². The molecule has 1 aliphatic rings. The van der Waals surface area contributed by atoms with E-state index in [2.05, 4.69) is 9.44 Å². The Kier molecular flexibility index (Phi) is 6.38. The van der Waals surface area contributed by atoms with Crippen molar-refractivity contribution in [3.63, 3.8) is 0 Å². The zero-order valence-electron chi connectivity index (χ0n) is 13.7. The summed E-state index contributed by atoms with van der Waals surface area (Å²) < 4.78 is 54.1. The van der Waals surface area contributed by atoms with E-state index < -0.39 is 20.0 Å². The maximum Gasteiger partial charge on any atom is 0.240 e. The molecule has 1 atom stereocenters. The van der Waals surface area contributed by atoms with E-state index in [9.17, 15) is 16.8 Å². The van der Waals surface area contributed by atoms with Crippen molar-refractivity contribution in [1.82, 2.24) is 9.44 Å². The van der Waals surface area contributed by atoms with E-state index in [4.69, 9.17) is 5.73 Å². The molecule has 24 heavy (non-hydrogen) atoms. The van der Waals surface area contributed by atoms with E-state index >= 15 is 0 Å². The first-order valence-corrected chi connectivity index (χ1v) is 11.1. The smallest absolute Gasteiger partial charge is 0.240 e. The molecule has 1 aromatic rings. The second-order valence-corrected chi connectivity index (χ2v) is 9.49. The molecule has 0 aromatic heterocycles. The molecule has 9 heteroatoms. The molecule has 4 N–H and O–H groups in total. The predicted octanol–water partition coefficient (Wildman–Crippen LogP) is 0.923. The molecular formula is C15H25N3O4S2. The van der Waals surface area contributed by atoms with Crippen LogP contribution in [0.15, 0.2) is 34.1 Å². The van der Waals surface area contributed by atoms with E-state index in [1.165, 1.54) is 24.3 Å². The van der Waals surface area contributed by atoms with Crippen LogP contribution in [0, 0.1) is 0 Å². The Hall–Kier alpha value is -1.00. The van der Waals surface area contributed by atoms with Crippen molar-refractivity contribution in [1.29, 1.82) is 0 Å². The first-order chi connectivity index (χ1) is 11.3. The van der Waals surface area contributed by atoms with Crippen LogP contribution in [0.5, 0.6) is 0 Å². The number of benzene rings is 1. The molecule has 1 unspecified atom stereocenters. The first kappa shape index (κ1) is 19.3. The van der Waals surface area contributed by atoms with Gasteiger partial charge in [0.1, 0.15) is 0 Å². The summed E-state index contributed by atoms with van der Waals surface area (Å²) in [6, 6.07) is 4.90. The third-order valence-electron chi connectivity index (χ3n) is 3.86. The second-order valence-electron chi connectivity index (χ2n) is 6.06. The number of unbranched alkanes of at least 4 members (excludes halogenated alkanes) is 1. The van der Waals surface area contributed by atoms with Crippen LogP contribution < -0.4 is 15.2 Å². The fourth-order valence-corrected chi connectivity index (χ4v) is 4.84. The van der Waals surface area contributed by atoms with Crippen LogP contribution in [0.2, 0.25) is 0 Å². The Morgan fingerprint density at radius 2 is 1.62 bits per heavy atom. The van der Waals surface area contributed by atoms with Crippen LogP contribution in [-0.4, -0.2) is 35.5 Å². The van der Waals surface area contributed by atoms with Gasteiger partial charge < -0.3 is 5.73 Å². The summed E-state index contributed by atoms with van der Waals surface area (Å²) in [5.74, 6) is 0. The van der Waals surface area contributed by atoms with Crippen molar-refractivity contribution in [2.24, 2.45) is 5.73 Å². The molecule has 0 aliphatic heterocycles. The number of sulfonamides is 2. The number of nitrogens with one attached hydrogen (secondary N) is 2. The lowest BCUT2D eigenvalue weighted by molar-refractivity contribution is 0.516. The monoisotopic (exact) mass is 375 g/mol. The number of hydrogen-bond donors (Lipinski definition) is 3. The lowest BCUT2D eigenvalue weighted by atomic mass is 10.1. The average molecular weight is 376 g/mol. The second kappa shape index (κ2) is 7.92. The Bertz CT molecular complexity index is 741. The van der Waals surface area contributed by atoms with E-state index in [1.807, 2.05) is 6.92 Å². The summed E-state index contributed by atoms with van der Waals surface area (Å²) in [5, 5.41) is 0. The Morgan fingerprint density at radius 1 is 1.08 bits per heavy atom. The molecule has 0 amide bonds. The number of nitrogens with two attached hydrogens (primary N) is 1. The predicted molar refractivity (Wildman–Crippen MR) is 92.5 cm³/mol. The van der Waals surface area contributed by atoms with Crippen LogP contribution in [0.3, 0.4) is 0 Å². The van der Waals surface area contributed by atoms with Gasteiger partial charge in [-0.05, 0) is 43.5 Å². The molecule has 0 radical (unpaired) electrons. The fraction of sp³-hybridized carbons (Fsp3) is 0.600. The summed E-state index contributed by atoms with van der Waals surface area (Å²) in [6.45, 7) is 2.24. The topological polar surface area (TPSA) is 118 Å². The average Bonchev–Trinajstić information content (AvgIpc) is 3.34. The quantitative estimate of drug-likeness (QED) is 0.562. The summed E-state index contributed by atoms with van der Waals surface area (Å²) in [7, 11) is -7.30. The normalized spacial score (nSPS) is 16.9. The van der Waals surface area contributed by atoms with Gasteiger partial charge in [-0.1, -0.05) is 19.8 Å². The Balaban J connectivity index is 2.10. The van der Waals surface area contributed by atoms with Crippen molar-refractivity contribution in [3.05, 3.63) is 24.3 Å². The van der Waals surface area contributed by atoms with Crippen LogP contribution in [0.1, 0.15) is 39.0 Å². The largest absolute Gasteiger partial charge is 0.329 e. The zero-order valence-corrected chi connectivity index (χ0v) is 15.4. The fourth-order valence-electron chi connectivity index (χ4n) is 2.25. The van der Waals surface area contributed by atoms with Gasteiger partial charge in [0, 0.05) is 18.6 Å². The first-order valence-electron chi connectivity index (χ1n) is 8.13. The van der Waals surface area contributed by atoms with Crippen molar-refractivity contribution >= 4 is 20.0 Å². The van der Waals surface area contributed by atoms with E-state index in [1.54, 1.807) is 0 Å². The van der Waals surface area contributed by atoms with Gasteiger partial charge in [-0.2, -0.15) is 0 Å². The minimum atomic E-state index is -3.72. The van der Waals surface area contributed by atoms with E-state index in [0.29, 0.717) is 6.42 Å². The molecule has 1 saturated carbocycles. The van der Waals surface area contributed by atoms with Crippen molar-refractivity contribution < 1.29 is 16.8 Å². The highest BCUT2D eigenvalue weighted by atomic mass is 32.2. The Labute approximate surface area is 144 Å². The zero-order chi connectivity index (χ0) is 17.8. The van der Waals surface area contributed by atoms with Gasteiger partial charge in [-0.25, -0.2) is 26.3 Å². The summed E-state index contributed by atoms with van der Waals surface area (Å²) >= 11 is 0. The molecule has 1 aromatic carbocycles. The molecule has 7 nitrogen and oxygen atoms in total. The standard InChI is InChI=1S/C15H25N3O4S2/c1-2-3-4-13(11-16)18-24(21,22)15-9-7-14(8-10-15)23(19,20)17-12-5-6-12/h7-10,12-13,17-18H,2-6,11,16H2,1H3. The van der Waals surface area contributed by atoms with Gasteiger partial charge >= 0.3 is 0 Å². The minimum Gasteiger partial charge on any atom is -0.329 e. The molecule has 0 saturated heterocycles. The van der Waals surface area contributed by atoms with E-state index in [-0.39, 0.29) is 28.4 Å². The highest BCUT2D eigenvalue weighted by molar-refractivity contribution is 7.90. The van der Waals surface area contributed by atoms with Crippen LogP contribution in [0.4, 0.5) is 0 Å². The molecular weight excluding hydrogens is 350 g/mol.